The molecule has 0 radical (unpaired) electrons. The summed E-state index contributed by atoms with van der Waals surface area (Å²) in [5.41, 5.74) is 6.25. The molecule has 2 heterocycles. The lowest BCUT2D eigenvalue weighted by molar-refractivity contribution is 0.0286. The number of terminal acetylenes is 1. The number of hydrogen-bond donors (Lipinski definition) is 1. The third kappa shape index (κ3) is 1.27. The average Bonchev–Trinajstić information content (AvgIpc) is 2.62. The normalized spacial score (nSPS) is 43.2. The summed E-state index contributed by atoms with van der Waals surface area (Å²) < 4.78 is 0. The minimum Gasteiger partial charge on any atom is -0.329 e. The van der Waals surface area contributed by atoms with Gasteiger partial charge < -0.3 is 5.73 Å². The van der Waals surface area contributed by atoms with Crippen molar-refractivity contribution in [2.24, 2.45) is 17.6 Å². The van der Waals surface area contributed by atoms with Crippen LogP contribution >= 0.6 is 0 Å². The number of rotatable bonds is 1. The average molecular weight is 192 g/mol. The van der Waals surface area contributed by atoms with Crippen molar-refractivity contribution in [3.8, 4) is 12.3 Å². The lowest BCUT2D eigenvalue weighted by Crippen LogP contribution is -2.58. The van der Waals surface area contributed by atoms with Crippen LogP contribution in [0.2, 0.25) is 0 Å². The highest BCUT2D eigenvalue weighted by atomic mass is 15.2. The first-order valence-electron chi connectivity index (χ1n) is 5.64. The second kappa shape index (κ2) is 3.56. The fraction of sp³-hybridized carbons (Fsp3) is 0.833. The van der Waals surface area contributed by atoms with Crippen molar-refractivity contribution in [2.45, 2.75) is 31.7 Å². The van der Waals surface area contributed by atoms with Gasteiger partial charge in [-0.25, -0.2) is 0 Å². The van der Waals surface area contributed by atoms with E-state index in [1.165, 1.54) is 19.4 Å². The van der Waals surface area contributed by atoms with Crippen LogP contribution in [-0.2, 0) is 0 Å². The van der Waals surface area contributed by atoms with Gasteiger partial charge in [-0.15, -0.1) is 12.3 Å². The summed E-state index contributed by atoms with van der Waals surface area (Å²) >= 11 is 0. The van der Waals surface area contributed by atoms with Gasteiger partial charge in [0.05, 0.1) is 0 Å². The van der Waals surface area contributed by atoms with Crippen LogP contribution in [0.5, 0.6) is 0 Å². The highest BCUT2D eigenvalue weighted by molar-refractivity contribution is 5.09. The van der Waals surface area contributed by atoms with Crippen molar-refractivity contribution in [1.29, 1.82) is 0 Å². The van der Waals surface area contributed by atoms with Crippen molar-refractivity contribution in [1.82, 2.24) is 4.90 Å². The van der Waals surface area contributed by atoms with Crippen LogP contribution in [0.15, 0.2) is 0 Å². The minimum atomic E-state index is 0.285. The molecule has 0 aromatic carbocycles. The molecule has 2 nitrogen and oxygen atoms in total. The molecule has 0 bridgehead atoms. The van der Waals surface area contributed by atoms with E-state index in [-0.39, 0.29) is 5.54 Å². The fourth-order valence-corrected chi connectivity index (χ4v) is 3.33. The Morgan fingerprint density at radius 2 is 2.43 bits per heavy atom. The van der Waals surface area contributed by atoms with Gasteiger partial charge in [0.1, 0.15) is 0 Å². The van der Waals surface area contributed by atoms with E-state index in [0.29, 0.717) is 11.8 Å². The van der Waals surface area contributed by atoms with Gasteiger partial charge in [-0.3, -0.25) is 4.90 Å². The molecule has 2 aliphatic rings. The van der Waals surface area contributed by atoms with Gasteiger partial charge in [0, 0.05) is 24.5 Å². The second-order valence-electron chi connectivity index (χ2n) is 4.86. The molecular weight excluding hydrogens is 172 g/mol. The third-order valence-electron chi connectivity index (χ3n) is 4.25. The molecule has 3 atom stereocenters. The van der Waals surface area contributed by atoms with Gasteiger partial charge in [-0.1, -0.05) is 6.92 Å². The molecule has 0 aromatic heterocycles. The van der Waals surface area contributed by atoms with Gasteiger partial charge >= 0.3 is 0 Å². The Labute approximate surface area is 86.8 Å². The Kier molecular flexibility index (Phi) is 2.55. The molecule has 0 aromatic rings. The molecule has 2 saturated heterocycles. The Balaban J connectivity index is 2.20. The molecule has 78 valence electrons. The van der Waals surface area contributed by atoms with Crippen LogP contribution in [0.4, 0.5) is 0 Å². The lowest BCUT2D eigenvalue weighted by Gasteiger charge is -2.48. The maximum atomic E-state index is 5.96. The Bertz CT molecular complexity index is 256. The van der Waals surface area contributed by atoms with E-state index < -0.39 is 0 Å². The van der Waals surface area contributed by atoms with Crippen LogP contribution in [-0.4, -0.2) is 30.1 Å². The summed E-state index contributed by atoms with van der Waals surface area (Å²) in [6.07, 6.45) is 9.24. The number of nitrogens with two attached hydrogens (primary N) is 1. The first kappa shape index (κ1) is 10.0. The third-order valence-corrected chi connectivity index (χ3v) is 4.25. The Hall–Kier alpha value is -0.520. The van der Waals surface area contributed by atoms with E-state index in [1.54, 1.807) is 0 Å². The fourth-order valence-electron chi connectivity index (χ4n) is 3.33. The number of fused-ring (bicyclic) bond motifs is 1. The highest BCUT2D eigenvalue weighted by Gasteiger charge is 2.47. The van der Waals surface area contributed by atoms with Crippen molar-refractivity contribution in [3.05, 3.63) is 0 Å². The quantitative estimate of drug-likeness (QED) is 0.630. The summed E-state index contributed by atoms with van der Waals surface area (Å²) in [6, 6.07) is 0. The SMILES string of the molecule is C#CC1CC(C)C2(CN)CCCN2C1. The van der Waals surface area contributed by atoms with Crippen molar-refractivity contribution < 1.29 is 0 Å². The van der Waals surface area contributed by atoms with Crippen LogP contribution in [0.1, 0.15) is 26.2 Å². The maximum absolute atomic E-state index is 5.96. The summed E-state index contributed by atoms with van der Waals surface area (Å²) in [6.45, 7) is 5.37. The zero-order chi connectivity index (χ0) is 10.2. The van der Waals surface area contributed by atoms with Crippen molar-refractivity contribution in [3.63, 3.8) is 0 Å². The van der Waals surface area contributed by atoms with Crippen LogP contribution in [0.3, 0.4) is 0 Å². The lowest BCUT2D eigenvalue weighted by atomic mass is 9.74. The predicted molar refractivity (Wildman–Crippen MR) is 58.7 cm³/mol. The zero-order valence-electron chi connectivity index (χ0n) is 9.00. The van der Waals surface area contributed by atoms with E-state index in [4.69, 9.17) is 12.2 Å². The summed E-state index contributed by atoms with van der Waals surface area (Å²) in [4.78, 5) is 2.55. The Morgan fingerprint density at radius 3 is 3.07 bits per heavy atom. The van der Waals surface area contributed by atoms with Crippen molar-refractivity contribution in [2.75, 3.05) is 19.6 Å². The Morgan fingerprint density at radius 1 is 1.64 bits per heavy atom. The molecule has 2 rings (SSSR count). The van der Waals surface area contributed by atoms with E-state index in [9.17, 15) is 0 Å². The zero-order valence-corrected chi connectivity index (χ0v) is 9.00. The molecule has 2 N–H and O–H groups in total. The molecule has 2 aliphatic heterocycles. The standard InChI is InChI=1S/C12H20N2/c1-3-11-7-10(2)12(9-13)5-4-6-14(12)8-11/h1,10-11H,4-9,13H2,2H3. The first-order valence-corrected chi connectivity index (χ1v) is 5.64. The molecule has 2 fully saturated rings. The van der Waals surface area contributed by atoms with Gasteiger partial charge in [0.25, 0.3) is 0 Å². The minimum absolute atomic E-state index is 0.285. The summed E-state index contributed by atoms with van der Waals surface area (Å²) in [5, 5.41) is 0. The van der Waals surface area contributed by atoms with E-state index in [2.05, 4.69) is 17.7 Å². The van der Waals surface area contributed by atoms with Gasteiger partial charge in [-0.05, 0) is 31.7 Å². The predicted octanol–water partition coefficient (Wildman–Crippen LogP) is 1.07. The molecule has 0 spiro atoms. The maximum Gasteiger partial charge on any atom is 0.0358 e. The molecule has 0 amide bonds. The van der Waals surface area contributed by atoms with E-state index in [0.717, 1.165) is 19.5 Å². The van der Waals surface area contributed by atoms with Gasteiger partial charge in [-0.2, -0.15) is 0 Å². The van der Waals surface area contributed by atoms with Crippen molar-refractivity contribution >= 4 is 0 Å². The molecule has 0 aliphatic carbocycles. The van der Waals surface area contributed by atoms with Crippen LogP contribution in [0.25, 0.3) is 0 Å². The first-order chi connectivity index (χ1) is 6.73. The number of piperidine rings is 1. The number of nitrogens with zero attached hydrogens (tertiary/aromatic N) is 1. The summed E-state index contributed by atoms with van der Waals surface area (Å²) in [5.74, 6) is 4.01. The molecule has 0 saturated carbocycles. The van der Waals surface area contributed by atoms with Gasteiger partial charge in [0.2, 0.25) is 0 Å². The molecule has 14 heavy (non-hydrogen) atoms. The molecule has 3 unspecified atom stereocenters. The highest BCUT2D eigenvalue weighted by Crippen LogP contribution is 2.42. The van der Waals surface area contributed by atoms with Crippen LogP contribution in [0, 0.1) is 24.2 Å². The molecular formula is C12H20N2. The largest absolute Gasteiger partial charge is 0.329 e. The van der Waals surface area contributed by atoms with Crippen LogP contribution < -0.4 is 5.73 Å². The summed E-state index contributed by atoms with van der Waals surface area (Å²) in [7, 11) is 0. The van der Waals surface area contributed by atoms with E-state index in [1.807, 2.05) is 0 Å². The smallest absolute Gasteiger partial charge is 0.0358 e. The number of hydrogen-bond acceptors (Lipinski definition) is 2. The van der Waals surface area contributed by atoms with Gasteiger partial charge in [0.15, 0.2) is 0 Å². The second-order valence-corrected chi connectivity index (χ2v) is 4.86. The van der Waals surface area contributed by atoms with E-state index >= 15 is 0 Å². The topological polar surface area (TPSA) is 29.3 Å². The molecule has 2 heteroatoms. The monoisotopic (exact) mass is 192 g/mol.